The van der Waals surface area contributed by atoms with Crippen LogP contribution in [-0.4, -0.2) is 29.8 Å². The molecule has 1 spiro atoms. The Bertz CT molecular complexity index is 857. The molecule has 1 aromatic rings. The fourth-order valence-electron chi connectivity index (χ4n) is 8.81. The average molecular weight is 421 g/mol. The summed E-state index contributed by atoms with van der Waals surface area (Å²) >= 11 is 0. The molecule has 1 unspecified atom stereocenters. The maximum Gasteiger partial charge on any atom is 0.222 e. The molecule has 2 N–H and O–H groups in total. The predicted molar refractivity (Wildman–Crippen MR) is 120 cm³/mol. The highest BCUT2D eigenvalue weighted by molar-refractivity contribution is 5.77. The van der Waals surface area contributed by atoms with Crippen molar-refractivity contribution < 1.29 is 9.59 Å². The highest BCUT2D eigenvalue weighted by Gasteiger charge is 2.50. The van der Waals surface area contributed by atoms with E-state index in [4.69, 9.17) is 5.73 Å². The zero-order valence-electron chi connectivity index (χ0n) is 18.6. The number of hydrogen-bond acceptors (Lipinski definition) is 2. The molecule has 31 heavy (non-hydrogen) atoms. The number of carbonyl (C=O) groups is 2. The maximum absolute atomic E-state index is 13.3. The van der Waals surface area contributed by atoms with Crippen molar-refractivity contribution in [1.29, 1.82) is 0 Å². The Morgan fingerprint density at radius 2 is 1.58 bits per heavy atom. The van der Waals surface area contributed by atoms with Gasteiger partial charge >= 0.3 is 0 Å². The first kappa shape index (κ1) is 19.8. The molecular formula is C27H36N2O2. The molecule has 4 nitrogen and oxygen atoms in total. The van der Waals surface area contributed by atoms with E-state index in [2.05, 4.69) is 29.2 Å². The van der Waals surface area contributed by atoms with E-state index in [1.165, 1.54) is 43.2 Å². The first-order chi connectivity index (χ1) is 15.0. The summed E-state index contributed by atoms with van der Waals surface area (Å²) in [6, 6.07) is 8.64. The fourth-order valence-corrected chi connectivity index (χ4v) is 8.81. The number of benzene rings is 1. The molecule has 1 heterocycles. The van der Waals surface area contributed by atoms with Crippen molar-refractivity contribution in [2.45, 2.75) is 75.5 Å². The van der Waals surface area contributed by atoms with Crippen LogP contribution in [-0.2, 0) is 15.0 Å². The molecule has 7 rings (SSSR count). The van der Waals surface area contributed by atoms with E-state index in [1.807, 2.05) is 0 Å². The summed E-state index contributed by atoms with van der Waals surface area (Å²) in [6.07, 6.45) is 11.3. The number of fused-ring (bicyclic) bond motifs is 2. The third-order valence-corrected chi connectivity index (χ3v) is 9.96. The van der Waals surface area contributed by atoms with Crippen molar-refractivity contribution in [3.63, 3.8) is 0 Å². The van der Waals surface area contributed by atoms with Gasteiger partial charge in [0.1, 0.15) is 0 Å². The van der Waals surface area contributed by atoms with E-state index in [0.717, 1.165) is 62.4 Å². The van der Waals surface area contributed by atoms with Gasteiger partial charge in [0.25, 0.3) is 0 Å². The molecule has 2 amide bonds. The molecule has 1 aliphatic heterocycles. The fraction of sp³-hybridized carbons (Fsp3) is 0.704. The molecular weight excluding hydrogens is 384 g/mol. The zero-order chi connectivity index (χ0) is 21.2. The number of nitrogens with zero attached hydrogens (tertiary/aromatic N) is 1. The zero-order valence-corrected chi connectivity index (χ0v) is 18.6. The summed E-state index contributed by atoms with van der Waals surface area (Å²) in [7, 11) is 0. The lowest BCUT2D eigenvalue weighted by molar-refractivity contribution is -0.138. The number of hydrogen-bond donors (Lipinski definition) is 1. The molecule has 5 aliphatic carbocycles. The number of rotatable bonds is 4. The Labute approximate surface area is 185 Å². The van der Waals surface area contributed by atoms with E-state index < -0.39 is 0 Å². The Morgan fingerprint density at radius 1 is 0.935 bits per heavy atom. The average Bonchev–Trinajstić information content (AvgIpc) is 3.03. The molecule has 0 radical (unpaired) electrons. The normalized spacial score (nSPS) is 37.2. The van der Waals surface area contributed by atoms with Crippen LogP contribution in [0.15, 0.2) is 24.3 Å². The van der Waals surface area contributed by atoms with Crippen molar-refractivity contribution >= 4 is 11.8 Å². The standard InChI is InChI=1S/C27H36N2O2/c28-25(30)14-21-16-27(24-4-2-1-3-22(21)24)5-7-29(8-6-27)26(31)15-23-19-10-17-9-18(12-19)13-20(23)11-17/h1-4,17-21,23H,5-16H2,(H2,28,30). The Morgan fingerprint density at radius 3 is 2.23 bits per heavy atom. The summed E-state index contributed by atoms with van der Waals surface area (Å²) in [4.78, 5) is 27.1. The van der Waals surface area contributed by atoms with Crippen LogP contribution in [0.1, 0.15) is 81.3 Å². The highest BCUT2D eigenvalue weighted by Crippen LogP contribution is 2.58. The molecule has 4 bridgehead atoms. The lowest BCUT2D eigenvalue weighted by Crippen LogP contribution is -2.49. The summed E-state index contributed by atoms with van der Waals surface area (Å²) in [5, 5.41) is 0. The smallest absolute Gasteiger partial charge is 0.222 e. The Kier molecular flexibility index (Phi) is 4.70. The van der Waals surface area contributed by atoms with Crippen molar-refractivity contribution in [3.05, 3.63) is 35.4 Å². The summed E-state index contributed by atoms with van der Waals surface area (Å²) < 4.78 is 0. The second kappa shape index (κ2) is 7.35. The minimum absolute atomic E-state index is 0.121. The maximum atomic E-state index is 13.3. The topological polar surface area (TPSA) is 63.4 Å². The van der Waals surface area contributed by atoms with Crippen LogP contribution >= 0.6 is 0 Å². The van der Waals surface area contributed by atoms with Gasteiger partial charge < -0.3 is 10.6 Å². The molecule has 5 fully saturated rings. The molecule has 6 aliphatic rings. The van der Waals surface area contributed by atoms with E-state index in [9.17, 15) is 9.59 Å². The molecule has 1 saturated heterocycles. The second-order valence-electron chi connectivity index (χ2n) is 11.6. The summed E-state index contributed by atoms with van der Waals surface area (Å²) in [5.41, 5.74) is 8.40. The third kappa shape index (κ3) is 3.32. The van der Waals surface area contributed by atoms with Crippen LogP contribution < -0.4 is 5.73 Å². The molecule has 4 saturated carbocycles. The number of likely N-dealkylation sites (tertiary alicyclic amines) is 1. The van der Waals surface area contributed by atoms with Crippen LogP contribution in [0, 0.1) is 29.6 Å². The first-order valence-corrected chi connectivity index (χ1v) is 12.7. The van der Waals surface area contributed by atoms with Gasteiger partial charge in [0.2, 0.25) is 11.8 Å². The largest absolute Gasteiger partial charge is 0.370 e. The molecule has 1 aromatic carbocycles. The first-order valence-electron chi connectivity index (χ1n) is 12.7. The van der Waals surface area contributed by atoms with Gasteiger partial charge in [0.05, 0.1) is 0 Å². The highest BCUT2D eigenvalue weighted by atomic mass is 16.2. The number of carbonyl (C=O) groups excluding carboxylic acids is 2. The van der Waals surface area contributed by atoms with E-state index >= 15 is 0 Å². The van der Waals surface area contributed by atoms with E-state index in [0.29, 0.717) is 18.2 Å². The predicted octanol–water partition coefficient (Wildman–Crippen LogP) is 4.37. The second-order valence-corrected chi connectivity index (χ2v) is 11.6. The number of primary amides is 1. The van der Waals surface area contributed by atoms with Crippen LogP contribution in [0.3, 0.4) is 0 Å². The van der Waals surface area contributed by atoms with Crippen LogP contribution in [0.4, 0.5) is 0 Å². The van der Waals surface area contributed by atoms with E-state index in [-0.39, 0.29) is 17.2 Å². The van der Waals surface area contributed by atoms with Crippen LogP contribution in [0.5, 0.6) is 0 Å². The van der Waals surface area contributed by atoms with Gasteiger partial charge in [-0.2, -0.15) is 0 Å². The quantitative estimate of drug-likeness (QED) is 0.786. The molecule has 0 aromatic heterocycles. The monoisotopic (exact) mass is 420 g/mol. The van der Waals surface area contributed by atoms with Crippen molar-refractivity contribution in [2.24, 2.45) is 35.3 Å². The Balaban J connectivity index is 1.12. The third-order valence-electron chi connectivity index (χ3n) is 9.96. The molecule has 4 heteroatoms. The van der Waals surface area contributed by atoms with Crippen LogP contribution in [0.25, 0.3) is 0 Å². The number of amides is 2. The van der Waals surface area contributed by atoms with Gasteiger partial charge in [-0.25, -0.2) is 0 Å². The molecule has 166 valence electrons. The van der Waals surface area contributed by atoms with Gasteiger partial charge in [-0.05, 0) is 103 Å². The van der Waals surface area contributed by atoms with Crippen molar-refractivity contribution in [1.82, 2.24) is 4.90 Å². The van der Waals surface area contributed by atoms with Crippen LogP contribution in [0.2, 0.25) is 0 Å². The Hall–Kier alpha value is -1.84. The lowest BCUT2D eigenvalue weighted by Gasteiger charge is -2.54. The number of piperidine rings is 1. The minimum Gasteiger partial charge on any atom is -0.370 e. The lowest BCUT2D eigenvalue weighted by atomic mass is 9.51. The van der Waals surface area contributed by atoms with Crippen molar-refractivity contribution in [2.75, 3.05) is 13.1 Å². The SMILES string of the molecule is NC(=O)CC1CC2(CCN(C(=O)CC3C4CC5CC(C4)CC3C5)CC2)c2ccccc21. The van der Waals surface area contributed by atoms with Gasteiger partial charge in [-0.3, -0.25) is 9.59 Å². The van der Waals surface area contributed by atoms with Crippen molar-refractivity contribution in [3.8, 4) is 0 Å². The van der Waals surface area contributed by atoms with Gasteiger partial charge in [0, 0.05) is 25.9 Å². The summed E-state index contributed by atoms with van der Waals surface area (Å²) in [5.74, 6) is 4.69. The minimum atomic E-state index is -0.208. The van der Waals surface area contributed by atoms with E-state index in [1.54, 1.807) is 0 Å². The van der Waals surface area contributed by atoms with Gasteiger partial charge in [-0.15, -0.1) is 0 Å². The van der Waals surface area contributed by atoms with Gasteiger partial charge in [0.15, 0.2) is 0 Å². The van der Waals surface area contributed by atoms with Gasteiger partial charge in [-0.1, -0.05) is 24.3 Å². The summed E-state index contributed by atoms with van der Waals surface area (Å²) in [6.45, 7) is 1.73. The molecule has 1 atom stereocenters. The number of nitrogens with two attached hydrogens (primary N) is 1.